The van der Waals surface area contributed by atoms with Gasteiger partial charge in [0.15, 0.2) is 5.96 Å². The van der Waals surface area contributed by atoms with Gasteiger partial charge in [0.05, 0.1) is 18.1 Å². The van der Waals surface area contributed by atoms with Gasteiger partial charge in [0.2, 0.25) is 0 Å². The Kier molecular flexibility index (Phi) is 9.73. The van der Waals surface area contributed by atoms with Crippen molar-refractivity contribution < 1.29 is 9.66 Å². The fourth-order valence-corrected chi connectivity index (χ4v) is 2.20. The molecule has 1 aliphatic rings. The summed E-state index contributed by atoms with van der Waals surface area (Å²) < 4.78 is 5.67. The Labute approximate surface area is 166 Å². The van der Waals surface area contributed by atoms with Gasteiger partial charge in [-0.25, -0.2) is 4.99 Å². The first-order valence-electron chi connectivity index (χ1n) is 8.40. The van der Waals surface area contributed by atoms with Crippen LogP contribution in [0.1, 0.15) is 25.3 Å². The molecule has 1 saturated carbocycles. The van der Waals surface area contributed by atoms with Crippen LogP contribution in [0.3, 0.4) is 0 Å². The van der Waals surface area contributed by atoms with Crippen LogP contribution >= 0.6 is 24.0 Å². The van der Waals surface area contributed by atoms with Crippen LogP contribution in [0.15, 0.2) is 29.3 Å². The largest absolute Gasteiger partial charge is 0.379 e. The molecule has 7 nitrogen and oxygen atoms in total. The minimum atomic E-state index is -0.396. The number of nitro benzene ring substituents is 1. The van der Waals surface area contributed by atoms with Crippen LogP contribution in [0.5, 0.6) is 0 Å². The first-order valence-corrected chi connectivity index (χ1v) is 8.40. The van der Waals surface area contributed by atoms with Gasteiger partial charge in [0, 0.05) is 38.9 Å². The maximum Gasteiger partial charge on any atom is 0.269 e. The molecule has 0 saturated heterocycles. The summed E-state index contributed by atoms with van der Waals surface area (Å²) in [4.78, 5) is 16.9. The van der Waals surface area contributed by atoms with E-state index in [0.29, 0.717) is 13.2 Å². The summed E-state index contributed by atoms with van der Waals surface area (Å²) in [7, 11) is 1.98. The molecular weight excluding hydrogens is 435 g/mol. The summed E-state index contributed by atoms with van der Waals surface area (Å²) in [6.07, 6.45) is 2.60. The molecule has 0 unspecified atom stereocenters. The number of non-ortho nitro benzene ring substituents is 1. The van der Waals surface area contributed by atoms with Crippen molar-refractivity contribution in [3.8, 4) is 0 Å². The molecule has 1 aromatic carbocycles. The van der Waals surface area contributed by atoms with Crippen molar-refractivity contribution in [2.75, 3.05) is 33.4 Å². The molecule has 0 heterocycles. The number of likely N-dealkylation sites (N-methyl/N-ethyl adjacent to an activating group) is 1. The van der Waals surface area contributed by atoms with Crippen molar-refractivity contribution in [1.82, 2.24) is 10.2 Å². The van der Waals surface area contributed by atoms with E-state index in [9.17, 15) is 10.1 Å². The fraction of sp³-hybridized carbons (Fsp3) is 0.588. The van der Waals surface area contributed by atoms with Crippen molar-refractivity contribution in [2.45, 2.75) is 26.3 Å². The van der Waals surface area contributed by atoms with Crippen molar-refractivity contribution >= 4 is 35.6 Å². The van der Waals surface area contributed by atoms with Gasteiger partial charge in [-0.1, -0.05) is 12.1 Å². The molecule has 2 rings (SSSR count). The number of rotatable bonds is 9. The van der Waals surface area contributed by atoms with Crippen molar-refractivity contribution in [3.63, 3.8) is 0 Å². The van der Waals surface area contributed by atoms with Gasteiger partial charge in [-0.05, 0) is 31.2 Å². The summed E-state index contributed by atoms with van der Waals surface area (Å²) in [6.45, 7) is 5.62. The lowest BCUT2D eigenvalue weighted by Crippen LogP contribution is -2.40. The molecule has 0 amide bonds. The van der Waals surface area contributed by atoms with E-state index >= 15 is 0 Å². The average Bonchev–Trinajstić information content (AvgIpc) is 3.40. The number of guanidine groups is 1. The van der Waals surface area contributed by atoms with Gasteiger partial charge in [-0.3, -0.25) is 10.1 Å². The third-order valence-electron chi connectivity index (χ3n) is 3.88. The second kappa shape index (κ2) is 11.2. The van der Waals surface area contributed by atoms with Gasteiger partial charge in [0.1, 0.15) is 0 Å². The SMILES string of the molecule is CCNC(=NCc1ccc([N+](=O)[O-])cc1)N(C)CCOCC1CC1.I. The Balaban J connectivity index is 0.00000312. The van der Waals surface area contributed by atoms with E-state index in [1.165, 1.54) is 25.0 Å². The Hall–Kier alpha value is -1.42. The number of halogens is 1. The summed E-state index contributed by atoms with van der Waals surface area (Å²) in [5.74, 6) is 1.59. The highest BCUT2D eigenvalue weighted by molar-refractivity contribution is 14.0. The third kappa shape index (κ3) is 8.00. The zero-order valence-corrected chi connectivity index (χ0v) is 17.1. The van der Waals surface area contributed by atoms with Crippen LogP contribution in [0, 0.1) is 16.0 Å². The predicted molar refractivity (Wildman–Crippen MR) is 110 cm³/mol. The quantitative estimate of drug-likeness (QED) is 0.152. The number of hydrogen-bond donors (Lipinski definition) is 1. The number of ether oxygens (including phenoxy) is 1. The first kappa shape index (κ1) is 21.6. The summed E-state index contributed by atoms with van der Waals surface area (Å²) in [5, 5.41) is 13.9. The highest BCUT2D eigenvalue weighted by atomic mass is 127. The molecule has 1 N–H and O–H groups in total. The summed E-state index contributed by atoms with van der Waals surface area (Å²) in [6, 6.07) is 6.49. The van der Waals surface area contributed by atoms with Crippen molar-refractivity contribution in [3.05, 3.63) is 39.9 Å². The number of benzene rings is 1. The number of nitrogens with one attached hydrogen (secondary N) is 1. The molecule has 1 aliphatic carbocycles. The van der Waals surface area contributed by atoms with Crippen LogP contribution in [0.4, 0.5) is 5.69 Å². The van der Waals surface area contributed by atoms with Crippen molar-refractivity contribution in [1.29, 1.82) is 0 Å². The maximum atomic E-state index is 10.7. The number of nitrogens with zero attached hydrogens (tertiary/aromatic N) is 3. The van der Waals surface area contributed by atoms with Gasteiger partial charge >= 0.3 is 0 Å². The third-order valence-corrected chi connectivity index (χ3v) is 3.88. The highest BCUT2D eigenvalue weighted by Crippen LogP contribution is 2.28. The van der Waals surface area contributed by atoms with Crippen LogP contribution in [-0.2, 0) is 11.3 Å². The molecule has 1 aromatic rings. The lowest BCUT2D eigenvalue weighted by atomic mass is 10.2. The molecule has 25 heavy (non-hydrogen) atoms. The first-order chi connectivity index (χ1) is 11.6. The molecule has 0 aliphatic heterocycles. The predicted octanol–water partition coefficient (Wildman–Crippen LogP) is 3.04. The number of nitro groups is 1. The normalized spacial score (nSPS) is 13.9. The summed E-state index contributed by atoms with van der Waals surface area (Å²) in [5.41, 5.74) is 1.04. The van der Waals surface area contributed by atoms with E-state index in [1.807, 2.05) is 18.9 Å². The topological polar surface area (TPSA) is 80.0 Å². The molecule has 0 spiro atoms. The molecule has 0 aromatic heterocycles. The van der Waals surface area contributed by atoms with E-state index in [1.54, 1.807) is 12.1 Å². The molecule has 1 fully saturated rings. The van der Waals surface area contributed by atoms with Crippen LogP contribution in [0.2, 0.25) is 0 Å². The molecular formula is C17H27IN4O3. The van der Waals surface area contributed by atoms with E-state index in [4.69, 9.17) is 4.74 Å². The Morgan fingerprint density at radius 2 is 2.08 bits per heavy atom. The molecule has 8 heteroatoms. The minimum absolute atomic E-state index is 0. The molecule has 140 valence electrons. The monoisotopic (exact) mass is 462 g/mol. The Morgan fingerprint density at radius 1 is 1.40 bits per heavy atom. The lowest BCUT2D eigenvalue weighted by molar-refractivity contribution is -0.384. The van der Waals surface area contributed by atoms with Crippen LogP contribution < -0.4 is 5.32 Å². The highest BCUT2D eigenvalue weighted by Gasteiger charge is 2.21. The van der Waals surface area contributed by atoms with E-state index in [-0.39, 0.29) is 29.7 Å². The number of hydrogen-bond acceptors (Lipinski definition) is 4. The molecule has 0 bridgehead atoms. The average molecular weight is 462 g/mol. The van der Waals surface area contributed by atoms with E-state index in [2.05, 4.69) is 10.3 Å². The smallest absolute Gasteiger partial charge is 0.269 e. The Bertz CT molecular complexity index is 562. The van der Waals surface area contributed by atoms with E-state index < -0.39 is 4.92 Å². The van der Waals surface area contributed by atoms with Gasteiger partial charge in [-0.2, -0.15) is 0 Å². The van der Waals surface area contributed by atoms with Crippen molar-refractivity contribution in [2.24, 2.45) is 10.9 Å². The minimum Gasteiger partial charge on any atom is -0.379 e. The zero-order valence-electron chi connectivity index (χ0n) is 14.8. The van der Waals surface area contributed by atoms with Gasteiger partial charge in [0.25, 0.3) is 5.69 Å². The van der Waals surface area contributed by atoms with Gasteiger partial charge in [-0.15, -0.1) is 24.0 Å². The Morgan fingerprint density at radius 3 is 2.64 bits per heavy atom. The van der Waals surface area contributed by atoms with Crippen LogP contribution in [-0.4, -0.2) is 49.1 Å². The fourth-order valence-electron chi connectivity index (χ4n) is 2.20. The van der Waals surface area contributed by atoms with Gasteiger partial charge < -0.3 is 15.0 Å². The second-order valence-corrected chi connectivity index (χ2v) is 6.03. The van der Waals surface area contributed by atoms with E-state index in [0.717, 1.165) is 37.1 Å². The standard InChI is InChI=1S/C17H26N4O3.HI/c1-3-18-17(20(2)10-11-24-13-15-4-5-15)19-12-14-6-8-16(9-7-14)21(22)23;/h6-9,15H,3-5,10-13H2,1-2H3,(H,18,19);1H. The number of aliphatic imine (C=N–C) groups is 1. The van der Waals surface area contributed by atoms with Crippen LogP contribution in [0.25, 0.3) is 0 Å². The lowest BCUT2D eigenvalue weighted by Gasteiger charge is -2.22. The second-order valence-electron chi connectivity index (χ2n) is 6.03. The zero-order chi connectivity index (χ0) is 17.4. The molecule has 0 atom stereocenters. The maximum absolute atomic E-state index is 10.7. The summed E-state index contributed by atoms with van der Waals surface area (Å²) >= 11 is 0. The molecule has 0 radical (unpaired) electrons.